The summed E-state index contributed by atoms with van der Waals surface area (Å²) in [5, 5.41) is 3.63. The molecule has 7 heteroatoms. The van der Waals surface area contributed by atoms with Gasteiger partial charge in [0.15, 0.2) is 0 Å². The molecule has 2 aromatic rings. The fraction of sp³-hybridized carbons (Fsp3) is 0.650. The topological polar surface area (TPSA) is 33.1 Å². The van der Waals surface area contributed by atoms with E-state index < -0.39 is 0 Å². The Morgan fingerprint density at radius 2 is 2.00 bits per heavy atom. The zero-order chi connectivity index (χ0) is 17.1. The van der Waals surface area contributed by atoms with Gasteiger partial charge in [0, 0.05) is 35.9 Å². The van der Waals surface area contributed by atoms with Gasteiger partial charge in [-0.3, -0.25) is 4.90 Å². The number of piperidine rings is 2. The van der Waals surface area contributed by atoms with Crippen molar-refractivity contribution in [3.8, 4) is 10.7 Å². The average molecular weight is 431 g/mol. The summed E-state index contributed by atoms with van der Waals surface area (Å²) in [5.41, 5.74) is 0. The Hall–Kier alpha value is -0.590. The highest BCUT2D eigenvalue weighted by molar-refractivity contribution is 7.15. The number of likely N-dealkylation sites (tertiary alicyclic amines) is 1. The predicted octanol–water partition coefficient (Wildman–Crippen LogP) is 5.14. The first-order valence-electron chi connectivity index (χ1n) is 9.91. The lowest BCUT2D eigenvalue weighted by atomic mass is 9.97. The van der Waals surface area contributed by atoms with E-state index in [1.54, 1.807) is 0 Å². The van der Waals surface area contributed by atoms with Gasteiger partial charge >= 0.3 is 0 Å². The Balaban J connectivity index is 0.00000131. The van der Waals surface area contributed by atoms with Gasteiger partial charge in [0.05, 0.1) is 4.88 Å². The molecule has 2 aromatic heterocycles. The molecule has 4 rings (SSSR count). The van der Waals surface area contributed by atoms with Crippen LogP contribution in [0.5, 0.6) is 0 Å². The first kappa shape index (κ1) is 22.7. The molecule has 0 bridgehead atoms. The molecule has 0 aliphatic carbocycles. The lowest BCUT2D eigenvalue weighted by molar-refractivity contribution is 0.222. The van der Waals surface area contributed by atoms with Gasteiger partial charge in [-0.1, -0.05) is 13.3 Å². The minimum Gasteiger partial charge on any atom is -0.327 e. The van der Waals surface area contributed by atoms with E-state index in [9.17, 15) is 0 Å². The highest BCUT2D eigenvalue weighted by Crippen LogP contribution is 2.33. The molecular weight excluding hydrogens is 399 g/mol. The van der Waals surface area contributed by atoms with Crippen molar-refractivity contribution in [3.63, 3.8) is 0 Å². The molecule has 0 unspecified atom stereocenters. The van der Waals surface area contributed by atoms with E-state index in [1.165, 1.54) is 61.4 Å². The van der Waals surface area contributed by atoms with E-state index in [4.69, 9.17) is 4.98 Å². The number of imidazole rings is 1. The molecule has 27 heavy (non-hydrogen) atoms. The van der Waals surface area contributed by atoms with Crippen molar-refractivity contribution < 1.29 is 0 Å². The molecule has 0 spiro atoms. The molecule has 2 fully saturated rings. The zero-order valence-electron chi connectivity index (χ0n) is 16.1. The molecule has 4 heterocycles. The molecule has 0 saturated carbocycles. The van der Waals surface area contributed by atoms with Gasteiger partial charge in [-0.2, -0.15) is 0 Å². The van der Waals surface area contributed by atoms with Gasteiger partial charge in [-0.05, 0) is 63.9 Å². The normalized spacial score (nSPS) is 23.4. The molecule has 2 aliphatic heterocycles. The minimum absolute atomic E-state index is 0. The van der Waals surface area contributed by atoms with Gasteiger partial charge in [-0.25, -0.2) is 4.98 Å². The van der Waals surface area contributed by atoms with Crippen LogP contribution < -0.4 is 5.32 Å². The highest BCUT2D eigenvalue weighted by atomic mass is 35.5. The summed E-state index contributed by atoms with van der Waals surface area (Å²) in [6, 6.07) is 5.81. The van der Waals surface area contributed by atoms with Gasteiger partial charge in [-0.15, -0.1) is 36.2 Å². The van der Waals surface area contributed by atoms with Crippen LogP contribution in [0.2, 0.25) is 0 Å². The fourth-order valence-corrected chi connectivity index (χ4v) is 5.32. The Morgan fingerprint density at radius 3 is 2.78 bits per heavy atom. The number of nitrogens with one attached hydrogen (secondary N) is 1. The minimum atomic E-state index is 0. The fourth-order valence-electron chi connectivity index (χ4n) is 4.27. The summed E-state index contributed by atoms with van der Waals surface area (Å²) in [4.78, 5) is 10.1. The maximum absolute atomic E-state index is 4.71. The zero-order valence-corrected chi connectivity index (χ0v) is 18.6. The molecule has 0 amide bonds. The lowest BCUT2D eigenvalue weighted by Gasteiger charge is -2.31. The number of thiophene rings is 1. The summed E-state index contributed by atoms with van der Waals surface area (Å²) in [5.74, 6) is 1.16. The molecule has 4 nitrogen and oxygen atoms in total. The van der Waals surface area contributed by atoms with Crippen LogP contribution in [0.3, 0.4) is 0 Å². The smallest absolute Gasteiger partial charge is 0.150 e. The van der Waals surface area contributed by atoms with Crippen LogP contribution in [-0.2, 0) is 6.54 Å². The van der Waals surface area contributed by atoms with E-state index in [0.717, 1.165) is 18.9 Å². The predicted molar refractivity (Wildman–Crippen MR) is 120 cm³/mol. The van der Waals surface area contributed by atoms with Crippen LogP contribution in [0.1, 0.15) is 56.4 Å². The monoisotopic (exact) mass is 430 g/mol. The SMILES string of the molecule is CC[C@@H]1C[C@H](n2ccnc2-c2ccc(CN3CCCCC3)s2)CCN1.Cl.Cl. The Bertz CT molecular complexity index is 681. The summed E-state index contributed by atoms with van der Waals surface area (Å²) in [7, 11) is 0. The number of nitrogens with zero attached hydrogens (tertiary/aromatic N) is 3. The number of rotatable bonds is 5. The summed E-state index contributed by atoms with van der Waals surface area (Å²) >= 11 is 1.93. The van der Waals surface area contributed by atoms with Crippen LogP contribution >= 0.6 is 36.2 Å². The Kier molecular flexibility index (Phi) is 9.09. The Morgan fingerprint density at radius 1 is 1.19 bits per heavy atom. The lowest BCUT2D eigenvalue weighted by Crippen LogP contribution is -2.38. The molecule has 0 aromatic carbocycles. The van der Waals surface area contributed by atoms with E-state index in [0.29, 0.717) is 12.1 Å². The molecule has 2 aliphatic rings. The van der Waals surface area contributed by atoms with E-state index in [1.807, 2.05) is 17.5 Å². The van der Waals surface area contributed by atoms with Crippen molar-refractivity contribution in [3.05, 3.63) is 29.4 Å². The van der Waals surface area contributed by atoms with Crippen molar-refractivity contribution in [2.45, 2.75) is 64.1 Å². The van der Waals surface area contributed by atoms with E-state index >= 15 is 0 Å². The van der Waals surface area contributed by atoms with Gasteiger partial charge in [0.1, 0.15) is 5.82 Å². The highest BCUT2D eigenvalue weighted by Gasteiger charge is 2.24. The Labute approximate surface area is 179 Å². The van der Waals surface area contributed by atoms with Crippen LogP contribution in [0.4, 0.5) is 0 Å². The second-order valence-corrected chi connectivity index (χ2v) is 8.67. The van der Waals surface area contributed by atoms with E-state index in [2.05, 4.69) is 40.0 Å². The molecule has 2 saturated heterocycles. The van der Waals surface area contributed by atoms with Gasteiger partial charge in [0.2, 0.25) is 0 Å². The van der Waals surface area contributed by atoms with Crippen molar-refractivity contribution in [1.82, 2.24) is 19.8 Å². The molecule has 152 valence electrons. The first-order valence-corrected chi connectivity index (χ1v) is 10.7. The molecular formula is C20H32Cl2N4S. The third-order valence-electron chi connectivity index (χ3n) is 5.73. The quantitative estimate of drug-likeness (QED) is 0.711. The first-order chi connectivity index (χ1) is 12.3. The maximum atomic E-state index is 4.71. The second-order valence-electron chi connectivity index (χ2n) is 7.50. The van der Waals surface area contributed by atoms with Crippen molar-refractivity contribution in [2.75, 3.05) is 19.6 Å². The summed E-state index contributed by atoms with van der Waals surface area (Å²) in [6.45, 7) is 7.02. The third-order valence-corrected chi connectivity index (χ3v) is 6.80. The molecule has 0 radical (unpaired) electrons. The number of aromatic nitrogens is 2. The van der Waals surface area contributed by atoms with Gasteiger partial charge < -0.3 is 9.88 Å². The van der Waals surface area contributed by atoms with E-state index in [-0.39, 0.29) is 24.8 Å². The number of hydrogen-bond acceptors (Lipinski definition) is 4. The largest absolute Gasteiger partial charge is 0.327 e. The van der Waals surface area contributed by atoms with Crippen molar-refractivity contribution in [2.24, 2.45) is 0 Å². The second kappa shape index (κ2) is 10.8. The van der Waals surface area contributed by atoms with Crippen LogP contribution in [0, 0.1) is 0 Å². The summed E-state index contributed by atoms with van der Waals surface area (Å²) < 4.78 is 2.43. The maximum Gasteiger partial charge on any atom is 0.150 e. The van der Waals surface area contributed by atoms with Gasteiger partial charge in [0.25, 0.3) is 0 Å². The van der Waals surface area contributed by atoms with Crippen LogP contribution in [0.25, 0.3) is 10.7 Å². The molecule has 1 N–H and O–H groups in total. The summed E-state index contributed by atoms with van der Waals surface area (Å²) in [6.07, 6.45) is 11.9. The van der Waals surface area contributed by atoms with Crippen molar-refractivity contribution >= 4 is 36.2 Å². The average Bonchev–Trinajstić information content (AvgIpc) is 3.32. The number of hydrogen-bond donors (Lipinski definition) is 1. The van der Waals surface area contributed by atoms with Crippen molar-refractivity contribution in [1.29, 1.82) is 0 Å². The number of halogens is 2. The molecule has 2 atom stereocenters. The standard InChI is InChI=1S/C20H30N4S.2ClH/c1-2-16-14-17(8-9-21-16)24-13-10-22-20(24)19-7-6-18(25-19)15-23-11-4-3-5-12-23;;/h6-7,10,13,16-17,21H,2-5,8-9,11-12,14-15H2,1H3;2*1H/t16-,17-;;/m1../s1. The van der Waals surface area contributed by atoms with Crippen LogP contribution in [-0.4, -0.2) is 40.1 Å². The third kappa shape index (κ3) is 5.48. The van der Waals surface area contributed by atoms with Crippen LogP contribution in [0.15, 0.2) is 24.5 Å².